The first-order valence-corrected chi connectivity index (χ1v) is 5.72. The van der Waals surface area contributed by atoms with Crippen LogP contribution in [0, 0.1) is 0 Å². The highest BCUT2D eigenvalue weighted by molar-refractivity contribution is 5.18. The van der Waals surface area contributed by atoms with Crippen LogP contribution in [0.4, 0.5) is 4.39 Å². The van der Waals surface area contributed by atoms with Crippen LogP contribution in [-0.4, -0.2) is 23.2 Å². The van der Waals surface area contributed by atoms with Crippen LogP contribution in [0.15, 0.2) is 30.3 Å². The van der Waals surface area contributed by atoms with Crippen LogP contribution in [-0.2, 0) is 6.54 Å². The van der Waals surface area contributed by atoms with Gasteiger partial charge in [0.1, 0.15) is 6.17 Å². The van der Waals surface area contributed by atoms with Crippen LogP contribution in [0.2, 0.25) is 0 Å². The summed E-state index contributed by atoms with van der Waals surface area (Å²) in [7, 11) is 0. The van der Waals surface area contributed by atoms with E-state index in [1.54, 1.807) is 0 Å². The van der Waals surface area contributed by atoms with Gasteiger partial charge >= 0.3 is 0 Å². The van der Waals surface area contributed by atoms with E-state index in [2.05, 4.69) is 29.2 Å². The average molecular weight is 205 g/mol. The number of hydrogen-bond acceptors (Lipinski definition) is 1. The average Bonchev–Trinajstić information content (AvgIpc) is 2.92. The molecule has 0 radical (unpaired) electrons. The van der Waals surface area contributed by atoms with E-state index in [1.165, 1.54) is 18.4 Å². The van der Waals surface area contributed by atoms with Gasteiger partial charge in [-0.15, -0.1) is 0 Å². The minimum atomic E-state index is -0.601. The summed E-state index contributed by atoms with van der Waals surface area (Å²) in [5.41, 5.74) is 1.55. The van der Waals surface area contributed by atoms with Gasteiger partial charge in [-0.3, -0.25) is 4.90 Å². The normalized spacial score (nSPS) is 28.5. The second kappa shape index (κ2) is 3.31. The lowest BCUT2D eigenvalue weighted by atomic mass is 10.1. The minimum Gasteiger partial charge on any atom is -0.290 e. The molecule has 15 heavy (non-hydrogen) atoms. The Labute approximate surface area is 89.9 Å². The topological polar surface area (TPSA) is 3.24 Å². The molecule has 1 heterocycles. The summed E-state index contributed by atoms with van der Waals surface area (Å²) < 4.78 is 13.4. The van der Waals surface area contributed by atoms with Gasteiger partial charge in [-0.2, -0.15) is 0 Å². The van der Waals surface area contributed by atoms with Gasteiger partial charge < -0.3 is 0 Å². The molecule has 1 spiro atoms. The van der Waals surface area contributed by atoms with E-state index < -0.39 is 6.17 Å². The van der Waals surface area contributed by atoms with Crippen molar-refractivity contribution in [1.29, 1.82) is 0 Å². The van der Waals surface area contributed by atoms with Crippen molar-refractivity contribution in [2.24, 2.45) is 0 Å². The van der Waals surface area contributed by atoms with Crippen LogP contribution in [0.1, 0.15) is 24.8 Å². The number of likely N-dealkylation sites (tertiary alicyclic amines) is 1. The lowest BCUT2D eigenvalue weighted by Gasteiger charge is -2.23. The molecule has 1 saturated carbocycles. The monoisotopic (exact) mass is 205 g/mol. The molecule has 1 unspecified atom stereocenters. The number of rotatable bonds is 2. The molecule has 0 bridgehead atoms. The maximum Gasteiger partial charge on any atom is 0.115 e. The number of nitrogens with zero attached hydrogens (tertiary/aromatic N) is 1. The highest BCUT2D eigenvalue weighted by Gasteiger charge is 2.54. The summed E-state index contributed by atoms with van der Waals surface area (Å²) >= 11 is 0. The Morgan fingerprint density at radius 3 is 2.67 bits per heavy atom. The summed E-state index contributed by atoms with van der Waals surface area (Å²) in [6.07, 6.45) is 2.55. The van der Waals surface area contributed by atoms with Crippen LogP contribution in [0.3, 0.4) is 0 Å². The molecule has 1 nitrogen and oxygen atoms in total. The fourth-order valence-electron chi connectivity index (χ4n) is 2.74. The summed E-state index contributed by atoms with van der Waals surface area (Å²) in [6.45, 7) is 1.55. The SMILES string of the molecule is FC1CN(Cc2ccccc2)C2(CC2)C1. The van der Waals surface area contributed by atoms with E-state index in [-0.39, 0.29) is 5.54 Å². The largest absolute Gasteiger partial charge is 0.290 e. The molecule has 1 atom stereocenters. The van der Waals surface area contributed by atoms with E-state index in [9.17, 15) is 4.39 Å². The quantitative estimate of drug-likeness (QED) is 0.717. The van der Waals surface area contributed by atoms with Gasteiger partial charge in [-0.25, -0.2) is 4.39 Å². The number of halogens is 1. The Balaban J connectivity index is 1.74. The van der Waals surface area contributed by atoms with E-state index in [0.29, 0.717) is 6.54 Å². The first-order valence-electron chi connectivity index (χ1n) is 5.72. The third-order valence-electron chi connectivity index (χ3n) is 3.73. The van der Waals surface area contributed by atoms with Crippen molar-refractivity contribution in [3.8, 4) is 0 Å². The molecule has 1 aromatic carbocycles. The van der Waals surface area contributed by atoms with Crippen molar-refractivity contribution in [3.63, 3.8) is 0 Å². The van der Waals surface area contributed by atoms with Crippen molar-refractivity contribution in [3.05, 3.63) is 35.9 Å². The summed E-state index contributed by atoms with van der Waals surface area (Å²) in [4.78, 5) is 2.34. The molecule has 1 aliphatic heterocycles. The van der Waals surface area contributed by atoms with E-state index >= 15 is 0 Å². The molecule has 0 aromatic heterocycles. The smallest absolute Gasteiger partial charge is 0.115 e. The van der Waals surface area contributed by atoms with Gasteiger partial charge in [-0.1, -0.05) is 30.3 Å². The third kappa shape index (κ3) is 1.67. The summed E-state index contributed by atoms with van der Waals surface area (Å²) in [5.74, 6) is 0. The lowest BCUT2D eigenvalue weighted by molar-refractivity contribution is 0.220. The zero-order valence-corrected chi connectivity index (χ0v) is 8.82. The van der Waals surface area contributed by atoms with E-state index in [1.807, 2.05) is 6.07 Å². The Morgan fingerprint density at radius 2 is 2.00 bits per heavy atom. The standard InChI is InChI=1S/C13H16FN/c14-12-8-13(6-7-13)15(10-12)9-11-4-2-1-3-5-11/h1-5,12H,6-10H2. The summed E-state index contributed by atoms with van der Waals surface area (Å²) in [5, 5.41) is 0. The van der Waals surface area contributed by atoms with Gasteiger partial charge in [0.15, 0.2) is 0 Å². The van der Waals surface area contributed by atoms with Crippen LogP contribution < -0.4 is 0 Å². The highest BCUT2D eigenvalue weighted by atomic mass is 19.1. The minimum absolute atomic E-state index is 0.245. The van der Waals surface area contributed by atoms with Crippen molar-refractivity contribution < 1.29 is 4.39 Å². The maximum atomic E-state index is 13.4. The lowest BCUT2D eigenvalue weighted by Crippen LogP contribution is -2.30. The van der Waals surface area contributed by atoms with Gasteiger partial charge in [0.05, 0.1) is 0 Å². The second-order valence-electron chi connectivity index (χ2n) is 4.89. The first-order chi connectivity index (χ1) is 7.28. The van der Waals surface area contributed by atoms with Gasteiger partial charge in [-0.05, 0) is 24.8 Å². The Kier molecular flexibility index (Phi) is 2.06. The molecule has 2 heteroatoms. The molecular weight excluding hydrogens is 189 g/mol. The number of benzene rings is 1. The van der Waals surface area contributed by atoms with Crippen LogP contribution in [0.25, 0.3) is 0 Å². The fourth-order valence-corrected chi connectivity index (χ4v) is 2.74. The molecule has 2 fully saturated rings. The molecule has 2 aliphatic rings. The molecule has 1 saturated heterocycles. The molecule has 3 rings (SSSR count). The molecule has 1 aliphatic carbocycles. The van der Waals surface area contributed by atoms with Crippen molar-refractivity contribution in [2.75, 3.05) is 6.54 Å². The number of alkyl halides is 1. The Hall–Kier alpha value is -0.890. The molecule has 0 N–H and O–H groups in total. The number of hydrogen-bond donors (Lipinski definition) is 0. The zero-order chi connectivity index (χ0) is 10.3. The first kappa shape index (κ1) is 9.34. The predicted octanol–water partition coefficient (Wildman–Crippen LogP) is 2.76. The van der Waals surface area contributed by atoms with Crippen LogP contribution in [0.5, 0.6) is 0 Å². The third-order valence-corrected chi connectivity index (χ3v) is 3.73. The molecule has 80 valence electrons. The second-order valence-corrected chi connectivity index (χ2v) is 4.89. The van der Waals surface area contributed by atoms with Crippen LogP contribution >= 0.6 is 0 Å². The molecule has 1 aromatic rings. The van der Waals surface area contributed by atoms with E-state index in [0.717, 1.165) is 13.0 Å². The van der Waals surface area contributed by atoms with Crippen molar-refractivity contribution >= 4 is 0 Å². The molecular formula is C13H16FN. The van der Waals surface area contributed by atoms with Gasteiger partial charge in [0, 0.05) is 18.6 Å². The zero-order valence-electron chi connectivity index (χ0n) is 8.82. The van der Waals surface area contributed by atoms with Gasteiger partial charge in [0.25, 0.3) is 0 Å². The molecule has 0 amide bonds. The Bertz CT molecular complexity index is 345. The van der Waals surface area contributed by atoms with E-state index in [4.69, 9.17) is 0 Å². The van der Waals surface area contributed by atoms with Crippen molar-refractivity contribution in [1.82, 2.24) is 4.90 Å². The highest BCUT2D eigenvalue weighted by Crippen LogP contribution is 2.50. The van der Waals surface area contributed by atoms with Gasteiger partial charge in [0.2, 0.25) is 0 Å². The maximum absolute atomic E-state index is 13.4. The fraction of sp³-hybridized carbons (Fsp3) is 0.538. The summed E-state index contributed by atoms with van der Waals surface area (Å²) in [6, 6.07) is 10.4. The van der Waals surface area contributed by atoms with Crippen molar-refractivity contribution in [2.45, 2.75) is 37.5 Å². The predicted molar refractivity (Wildman–Crippen MR) is 58.3 cm³/mol. The Morgan fingerprint density at radius 1 is 1.27 bits per heavy atom.